The minimum absolute atomic E-state index is 0.00765. The summed E-state index contributed by atoms with van der Waals surface area (Å²) in [6, 6.07) is 13.3. The summed E-state index contributed by atoms with van der Waals surface area (Å²) in [6.07, 6.45) is 5.59. The smallest absolute Gasteiger partial charge is 0.312 e. The van der Waals surface area contributed by atoms with Crippen molar-refractivity contribution in [3.8, 4) is 5.69 Å². The Hall–Kier alpha value is -4.21. The van der Waals surface area contributed by atoms with Crippen LogP contribution in [0.2, 0.25) is 0 Å². The highest BCUT2D eigenvalue weighted by Crippen LogP contribution is 2.22. The van der Waals surface area contributed by atoms with Crippen LogP contribution in [0.5, 0.6) is 0 Å². The van der Waals surface area contributed by atoms with Crippen LogP contribution in [0.15, 0.2) is 61.1 Å². The predicted octanol–water partition coefficient (Wildman–Crippen LogP) is 3.39. The normalized spacial score (nSPS) is 12.0. The molecule has 32 heavy (non-hydrogen) atoms. The number of carbonyl (C=O) groups is 1. The van der Waals surface area contributed by atoms with Gasteiger partial charge in [0.15, 0.2) is 0 Å². The van der Waals surface area contributed by atoms with Gasteiger partial charge in [-0.1, -0.05) is 12.1 Å². The van der Waals surface area contributed by atoms with Gasteiger partial charge in [-0.15, -0.1) is 0 Å². The number of nitro groups is 1. The van der Waals surface area contributed by atoms with Crippen LogP contribution in [0.1, 0.15) is 40.4 Å². The van der Waals surface area contributed by atoms with Crippen molar-refractivity contribution in [1.29, 1.82) is 0 Å². The van der Waals surface area contributed by atoms with Crippen molar-refractivity contribution in [2.45, 2.75) is 33.5 Å². The molecule has 1 atom stereocenters. The zero-order valence-electron chi connectivity index (χ0n) is 18.0. The summed E-state index contributed by atoms with van der Waals surface area (Å²) in [6.45, 7) is 5.31. The first-order chi connectivity index (χ1) is 15.3. The maximum absolute atomic E-state index is 12.7. The second-order valence-corrected chi connectivity index (χ2v) is 7.53. The Balaban J connectivity index is 1.41. The topological polar surface area (TPSA) is 113 Å². The quantitative estimate of drug-likeness (QED) is 0.355. The predicted molar refractivity (Wildman–Crippen MR) is 118 cm³/mol. The highest BCUT2D eigenvalue weighted by molar-refractivity contribution is 5.92. The molecule has 0 saturated carbocycles. The van der Waals surface area contributed by atoms with Gasteiger partial charge in [-0.05, 0) is 56.7 Å². The van der Waals surface area contributed by atoms with Crippen molar-refractivity contribution in [3.05, 3.63) is 93.8 Å². The van der Waals surface area contributed by atoms with Crippen molar-refractivity contribution < 1.29 is 9.72 Å². The summed E-state index contributed by atoms with van der Waals surface area (Å²) in [7, 11) is 0. The molecule has 0 aliphatic rings. The molecule has 1 N–H and O–H groups in total. The maximum Gasteiger partial charge on any atom is 0.312 e. The van der Waals surface area contributed by atoms with Gasteiger partial charge in [-0.3, -0.25) is 19.6 Å². The Morgan fingerprint density at radius 2 is 1.78 bits per heavy atom. The molecule has 4 rings (SSSR count). The molecule has 10 nitrogen and oxygen atoms in total. The second-order valence-electron chi connectivity index (χ2n) is 7.53. The number of nitrogens with one attached hydrogen (secondary N) is 1. The number of hydrogen-bond donors (Lipinski definition) is 1. The van der Waals surface area contributed by atoms with Crippen LogP contribution in [-0.2, 0) is 6.67 Å². The lowest BCUT2D eigenvalue weighted by atomic mass is 10.1. The number of benzene rings is 1. The molecule has 164 valence electrons. The molecule has 0 aliphatic heterocycles. The monoisotopic (exact) mass is 433 g/mol. The fraction of sp³-hybridized carbons (Fsp3) is 0.227. The van der Waals surface area contributed by atoms with Crippen molar-refractivity contribution in [1.82, 2.24) is 29.4 Å². The first-order valence-electron chi connectivity index (χ1n) is 10.1. The van der Waals surface area contributed by atoms with Gasteiger partial charge in [-0.2, -0.15) is 10.2 Å². The lowest BCUT2D eigenvalue weighted by Crippen LogP contribution is -2.27. The first kappa shape index (κ1) is 21.0. The van der Waals surface area contributed by atoms with E-state index in [1.54, 1.807) is 26.1 Å². The molecule has 1 unspecified atom stereocenters. The summed E-state index contributed by atoms with van der Waals surface area (Å²) >= 11 is 0. The minimum atomic E-state index is -0.442. The summed E-state index contributed by atoms with van der Waals surface area (Å²) in [5, 5.41) is 22.6. The van der Waals surface area contributed by atoms with Gasteiger partial charge in [-0.25, -0.2) is 4.68 Å². The van der Waals surface area contributed by atoms with Crippen LogP contribution in [0, 0.1) is 24.0 Å². The van der Waals surface area contributed by atoms with Crippen LogP contribution in [0.25, 0.3) is 5.69 Å². The van der Waals surface area contributed by atoms with Crippen molar-refractivity contribution in [3.63, 3.8) is 0 Å². The summed E-state index contributed by atoms with van der Waals surface area (Å²) in [5.74, 6) is -0.301. The van der Waals surface area contributed by atoms with Gasteiger partial charge < -0.3 is 9.88 Å². The van der Waals surface area contributed by atoms with E-state index in [1.165, 1.54) is 9.36 Å². The molecule has 0 aliphatic carbocycles. The summed E-state index contributed by atoms with van der Waals surface area (Å²) in [4.78, 5) is 23.4. The van der Waals surface area contributed by atoms with E-state index < -0.39 is 4.92 Å². The largest absolute Gasteiger partial charge is 0.344 e. The third kappa shape index (κ3) is 4.15. The van der Waals surface area contributed by atoms with Gasteiger partial charge in [0, 0.05) is 24.3 Å². The number of carbonyl (C=O) groups excluding carboxylic acids is 1. The fourth-order valence-corrected chi connectivity index (χ4v) is 3.58. The third-order valence-corrected chi connectivity index (χ3v) is 5.32. The van der Waals surface area contributed by atoms with Gasteiger partial charge in [0.2, 0.25) is 0 Å². The van der Waals surface area contributed by atoms with Crippen LogP contribution < -0.4 is 5.32 Å². The second kappa shape index (κ2) is 8.50. The van der Waals surface area contributed by atoms with Crippen molar-refractivity contribution in [2.24, 2.45) is 0 Å². The van der Waals surface area contributed by atoms with E-state index in [-0.39, 0.29) is 30.0 Å². The SMILES string of the molecule is Cc1nn(Cn2ccc(C(=O)NC(C)c3ccc(-n4cccc4)cc3)n2)c(C)c1[N+](=O)[O-]. The average molecular weight is 433 g/mol. The Kier molecular flexibility index (Phi) is 5.59. The molecule has 0 bridgehead atoms. The maximum atomic E-state index is 12.7. The Morgan fingerprint density at radius 3 is 2.41 bits per heavy atom. The van der Waals surface area contributed by atoms with Crippen molar-refractivity contribution >= 4 is 11.6 Å². The van der Waals surface area contributed by atoms with Gasteiger partial charge in [0.25, 0.3) is 5.91 Å². The minimum Gasteiger partial charge on any atom is -0.344 e. The molecule has 0 radical (unpaired) electrons. The molecule has 0 spiro atoms. The number of nitrogens with zero attached hydrogens (tertiary/aromatic N) is 6. The molecule has 3 aromatic heterocycles. The number of rotatable bonds is 7. The van der Waals surface area contributed by atoms with E-state index in [4.69, 9.17) is 0 Å². The van der Waals surface area contributed by atoms with Crippen molar-refractivity contribution in [2.75, 3.05) is 0 Å². The average Bonchev–Trinajstić information content (AvgIpc) is 3.50. The molecule has 1 aromatic carbocycles. The lowest BCUT2D eigenvalue weighted by Gasteiger charge is -2.14. The molecule has 1 amide bonds. The standard InChI is InChI=1S/C22H23N7O3/c1-15(18-6-8-19(9-7-18)26-11-4-5-12-26)23-22(30)20-10-13-27(25-20)14-28-17(3)21(29(31)32)16(2)24-28/h4-13,15H,14H2,1-3H3,(H,23,30). The Morgan fingerprint density at radius 1 is 1.09 bits per heavy atom. The van der Waals surface area contributed by atoms with Crippen LogP contribution in [0.4, 0.5) is 5.69 Å². The highest BCUT2D eigenvalue weighted by atomic mass is 16.6. The first-order valence-corrected chi connectivity index (χ1v) is 10.1. The van der Waals surface area contributed by atoms with Gasteiger partial charge >= 0.3 is 5.69 Å². The Bertz CT molecular complexity index is 1250. The number of aromatic nitrogens is 5. The lowest BCUT2D eigenvalue weighted by molar-refractivity contribution is -0.386. The fourth-order valence-electron chi connectivity index (χ4n) is 3.58. The van der Waals surface area contributed by atoms with Crippen LogP contribution in [-0.4, -0.2) is 35.0 Å². The van der Waals surface area contributed by atoms with Gasteiger partial charge in [0.05, 0.1) is 11.0 Å². The van der Waals surface area contributed by atoms with Crippen LogP contribution >= 0.6 is 0 Å². The van der Waals surface area contributed by atoms with Crippen LogP contribution in [0.3, 0.4) is 0 Å². The summed E-state index contributed by atoms with van der Waals surface area (Å²) in [5.41, 5.74) is 3.05. The molecule has 0 saturated heterocycles. The molecule has 10 heteroatoms. The third-order valence-electron chi connectivity index (χ3n) is 5.32. The molecular formula is C22H23N7O3. The zero-order valence-corrected chi connectivity index (χ0v) is 18.0. The molecule has 4 aromatic rings. The van der Waals surface area contributed by atoms with E-state index in [1.807, 2.05) is 60.3 Å². The molecule has 0 fully saturated rings. The zero-order chi connectivity index (χ0) is 22.8. The van der Waals surface area contributed by atoms with E-state index in [0.717, 1.165) is 11.3 Å². The number of amides is 1. The van der Waals surface area contributed by atoms with E-state index in [2.05, 4.69) is 15.5 Å². The molecular weight excluding hydrogens is 410 g/mol. The van der Waals surface area contributed by atoms with E-state index in [0.29, 0.717) is 11.4 Å². The summed E-state index contributed by atoms with van der Waals surface area (Å²) < 4.78 is 5.03. The van der Waals surface area contributed by atoms with E-state index >= 15 is 0 Å². The number of aryl methyl sites for hydroxylation is 1. The number of hydrogen-bond acceptors (Lipinski definition) is 5. The highest BCUT2D eigenvalue weighted by Gasteiger charge is 2.22. The molecule has 3 heterocycles. The van der Waals surface area contributed by atoms with E-state index in [9.17, 15) is 14.9 Å². The van der Waals surface area contributed by atoms with Gasteiger partial charge in [0.1, 0.15) is 23.8 Å². The Labute approximate surface area is 184 Å².